The monoisotopic (exact) mass is 338 g/mol. The normalized spacial score (nSPS) is 10.4. The minimum atomic E-state index is -0.463. The highest BCUT2D eigenvalue weighted by molar-refractivity contribution is 9.10. The predicted octanol–water partition coefficient (Wildman–Crippen LogP) is 3.53. The second-order valence-corrected chi connectivity index (χ2v) is 4.89. The molecule has 104 valence electrons. The summed E-state index contributed by atoms with van der Waals surface area (Å²) in [6.07, 6.45) is 1.40. The van der Waals surface area contributed by atoms with Crippen molar-refractivity contribution in [3.63, 3.8) is 0 Å². The van der Waals surface area contributed by atoms with Crippen LogP contribution in [0.5, 0.6) is 0 Å². The molecule has 20 heavy (non-hydrogen) atoms. The van der Waals surface area contributed by atoms with Crippen molar-refractivity contribution >= 4 is 21.9 Å². The van der Waals surface area contributed by atoms with Crippen LogP contribution in [0.1, 0.15) is 23.0 Å². The van der Waals surface area contributed by atoms with Crippen LogP contribution in [0.15, 0.2) is 28.9 Å². The van der Waals surface area contributed by atoms with Gasteiger partial charge in [0.05, 0.1) is 17.9 Å². The SMILES string of the molecule is CCOC(=O)c1cnc(-c2cc(F)ccc2Br)nc1C. The van der Waals surface area contributed by atoms with E-state index < -0.39 is 5.97 Å². The lowest BCUT2D eigenvalue weighted by atomic mass is 10.2. The van der Waals surface area contributed by atoms with E-state index in [0.717, 1.165) is 0 Å². The lowest BCUT2D eigenvalue weighted by Gasteiger charge is -2.07. The summed E-state index contributed by atoms with van der Waals surface area (Å²) >= 11 is 3.33. The number of hydrogen-bond acceptors (Lipinski definition) is 4. The van der Waals surface area contributed by atoms with Gasteiger partial charge < -0.3 is 4.74 Å². The van der Waals surface area contributed by atoms with Gasteiger partial charge in [0, 0.05) is 16.2 Å². The summed E-state index contributed by atoms with van der Waals surface area (Å²) in [5, 5.41) is 0. The number of carbonyl (C=O) groups is 1. The van der Waals surface area contributed by atoms with Gasteiger partial charge in [-0.1, -0.05) is 15.9 Å². The average molecular weight is 339 g/mol. The summed E-state index contributed by atoms with van der Waals surface area (Å²) in [4.78, 5) is 20.0. The Hall–Kier alpha value is -1.82. The maximum atomic E-state index is 13.3. The van der Waals surface area contributed by atoms with Crippen molar-refractivity contribution in [1.29, 1.82) is 0 Å². The highest BCUT2D eigenvalue weighted by atomic mass is 79.9. The molecule has 0 amide bonds. The highest BCUT2D eigenvalue weighted by Crippen LogP contribution is 2.26. The molecule has 0 saturated heterocycles. The molecule has 0 N–H and O–H groups in total. The first kappa shape index (κ1) is 14.6. The zero-order valence-electron chi connectivity index (χ0n) is 11.0. The van der Waals surface area contributed by atoms with Gasteiger partial charge in [0.15, 0.2) is 5.82 Å². The summed E-state index contributed by atoms with van der Waals surface area (Å²) in [5.41, 5.74) is 1.33. The van der Waals surface area contributed by atoms with E-state index in [-0.39, 0.29) is 12.4 Å². The van der Waals surface area contributed by atoms with Gasteiger partial charge in [-0.15, -0.1) is 0 Å². The van der Waals surface area contributed by atoms with Crippen molar-refractivity contribution in [2.75, 3.05) is 6.61 Å². The Balaban J connectivity index is 2.43. The Morgan fingerprint density at radius 1 is 1.45 bits per heavy atom. The Morgan fingerprint density at radius 3 is 2.85 bits per heavy atom. The van der Waals surface area contributed by atoms with Crippen LogP contribution in [0.3, 0.4) is 0 Å². The van der Waals surface area contributed by atoms with Crippen molar-refractivity contribution in [2.45, 2.75) is 13.8 Å². The minimum Gasteiger partial charge on any atom is -0.462 e. The van der Waals surface area contributed by atoms with Gasteiger partial charge >= 0.3 is 5.97 Å². The maximum Gasteiger partial charge on any atom is 0.341 e. The van der Waals surface area contributed by atoms with E-state index in [0.29, 0.717) is 27.1 Å². The number of esters is 1. The fourth-order valence-corrected chi connectivity index (χ4v) is 2.10. The van der Waals surface area contributed by atoms with Gasteiger partial charge in [0.25, 0.3) is 0 Å². The number of hydrogen-bond donors (Lipinski definition) is 0. The zero-order chi connectivity index (χ0) is 14.7. The lowest BCUT2D eigenvalue weighted by Crippen LogP contribution is -2.09. The van der Waals surface area contributed by atoms with E-state index in [1.54, 1.807) is 19.9 Å². The van der Waals surface area contributed by atoms with Crippen LogP contribution in [0, 0.1) is 12.7 Å². The molecule has 0 aliphatic rings. The molecular formula is C14H12BrFN2O2. The molecule has 0 unspecified atom stereocenters. The number of nitrogens with zero attached hydrogens (tertiary/aromatic N) is 2. The average Bonchev–Trinajstić information content (AvgIpc) is 2.41. The van der Waals surface area contributed by atoms with Crippen LogP contribution in [0.2, 0.25) is 0 Å². The Morgan fingerprint density at radius 2 is 2.20 bits per heavy atom. The third-order valence-electron chi connectivity index (χ3n) is 2.64. The van der Waals surface area contributed by atoms with Crippen LogP contribution in [-0.4, -0.2) is 22.5 Å². The van der Waals surface area contributed by atoms with E-state index in [1.807, 2.05) is 0 Å². The quantitative estimate of drug-likeness (QED) is 0.803. The third kappa shape index (κ3) is 3.01. The number of halogens is 2. The van der Waals surface area contributed by atoms with Crippen molar-refractivity contribution in [2.24, 2.45) is 0 Å². The second kappa shape index (κ2) is 6.09. The van der Waals surface area contributed by atoms with E-state index in [4.69, 9.17) is 4.74 Å². The first-order valence-electron chi connectivity index (χ1n) is 5.99. The molecule has 6 heteroatoms. The van der Waals surface area contributed by atoms with Crippen LogP contribution in [0.25, 0.3) is 11.4 Å². The van der Waals surface area contributed by atoms with Gasteiger partial charge in [0.2, 0.25) is 0 Å². The van der Waals surface area contributed by atoms with Crippen LogP contribution < -0.4 is 0 Å². The molecule has 1 aromatic heterocycles. The summed E-state index contributed by atoms with van der Waals surface area (Å²) in [6.45, 7) is 3.70. The van der Waals surface area contributed by atoms with Crippen LogP contribution in [0.4, 0.5) is 4.39 Å². The molecule has 0 bridgehead atoms. The molecule has 0 saturated carbocycles. The zero-order valence-corrected chi connectivity index (χ0v) is 12.6. The standard InChI is InChI=1S/C14H12BrFN2O2/c1-3-20-14(19)11-7-17-13(18-8(11)2)10-6-9(16)4-5-12(10)15/h4-7H,3H2,1-2H3. The topological polar surface area (TPSA) is 52.1 Å². The van der Waals surface area contributed by atoms with Gasteiger partial charge in [-0.25, -0.2) is 19.2 Å². The summed E-state index contributed by atoms with van der Waals surface area (Å²) in [5.74, 6) is -0.490. The first-order chi connectivity index (χ1) is 9.52. The molecule has 1 aromatic carbocycles. The molecule has 0 radical (unpaired) electrons. The smallest absolute Gasteiger partial charge is 0.341 e. The largest absolute Gasteiger partial charge is 0.462 e. The van der Waals surface area contributed by atoms with Crippen LogP contribution >= 0.6 is 15.9 Å². The fourth-order valence-electron chi connectivity index (χ4n) is 1.67. The van der Waals surface area contributed by atoms with E-state index in [1.165, 1.54) is 18.3 Å². The third-order valence-corrected chi connectivity index (χ3v) is 3.34. The number of benzene rings is 1. The molecule has 0 fully saturated rings. The van der Waals surface area contributed by atoms with Gasteiger partial charge in [0.1, 0.15) is 5.82 Å². The molecule has 4 nitrogen and oxygen atoms in total. The lowest BCUT2D eigenvalue weighted by molar-refractivity contribution is 0.0524. The molecule has 2 rings (SSSR count). The number of aromatic nitrogens is 2. The van der Waals surface area contributed by atoms with E-state index in [9.17, 15) is 9.18 Å². The summed E-state index contributed by atoms with van der Waals surface area (Å²) < 4.78 is 18.9. The Kier molecular flexibility index (Phi) is 4.44. The molecule has 0 atom stereocenters. The van der Waals surface area contributed by atoms with Gasteiger partial charge in [-0.2, -0.15) is 0 Å². The van der Waals surface area contributed by atoms with Gasteiger partial charge in [-0.05, 0) is 32.0 Å². The van der Waals surface area contributed by atoms with Crippen molar-refractivity contribution < 1.29 is 13.9 Å². The van der Waals surface area contributed by atoms with Crippen molar-refractivity contribution in [1.82, 2.24) is 9.97 Å². The Bertz CT molecular complexity index is 662. The maximum absolute atomic E-state index is 13.3. The van der Waals surface area contributed by atoms with Crippen molar-refractivity contribution in [3.8, 4) is 11.4 Å². The molecule has 0 aliphatic carbocycles. The number of ether oxygens (including phenoxy) is 1. The fraction of sp³-hybridized carbons (Fsp3) is 0.214. The first-order valence-corrected chi connectivity index (χ1v) is 6.78. The van der Waals surface area contributed by atoms with E-state index >= 15 is 0 Å². The molecule has 0 aliphatic heterocycles. The van der Waals surface area contributed by atoms with Gasteiger partial charge in [-0.3, -0.25) is 0 Å². The van der Waals surface area contributed by atoms with E-state index in [2.05, 4.69) is 25.9 Å². The molecule has 2 aromatic rings. The minimum absolute atomic E-state index is 0.287. The summed E-state index contributed by atoms with van der Waals surface area (Å²) in [7, 11) is 0. The summed E-state index contributed by atoms with van der Waals surface area (Å²) in [6, 6.07) is 4.26. The van der Waals surface area contributed by atoms with Crippen molar-refractivity contribution in [3.05, 3.63) is 45.9 Å². The second-order valence-electron chi connectivity index (χ2n) is 4.04. The molecular weight excluding hydrogens is 327 g/mol. The molecule has 0 spiro atoms. The van der Waals surface area contributed by atoms with Crippen LogP contribution in [-0.2, 0) is 4.74 Å². The Labute approximate surface area is 124 Å². The number of aryl methyl sites for hydroxylation is 1. The number of rotatable bonds is 3. The highest BCUT2D eigenvalue weighted by Gasteiger charge is 2.14. The molecule has 1 heterocycles. The number of carbonyl (C=O) groups excluding carboxylic acids is 1. The predicted molar refractivity (Wildman–Crippen MR) is 75.8 cm³/mol.